The van der Waals surface area contributed by atoms with Crippen LogP contribution in [0.1, 0.15) is 5.56 Å². The highest BCUT2D eigenvalue weighted by atomic mass is 35.5. The zero-order valence-corrected chi connectivity index (χ0v) is 17.6. The summed E-state index contributed by atoms with van der Waals surface area (Å²) >= 11 is 7.33. The van der Waals surface area contributed by atoms with Gasteiger partial charge in [-0.25, -0.2) is 0 Å². The van der Waals surface area contributed by atoms with Gasteiger partial charge in [0.1, 0.15) is 5.75 Å². The molecule has 1 saturated heterocycles. The van der Waals surface area contributed by atoms with Gasteiger partial charge in [0.2, 0.25) is 11.0 Å². The van der Waals surface area contributed by atoms with Crippen molar-refractivity contribution in [3.63, 3.8) is 0 Å². The minimum Gasteiger partial charge on any atom is -0.497 e. The zero-order valence-electron chi connectivity index (χ0n) is 16.0. The lowest BCUT2D eigenvalue weighted by molar-refractivity contribution is -0.130. The Morgan fingerprint density at radius 1 is 1.14 bits per heavy atom. The van der Waals surface area contributed by atoms with E-state index in [4.69, 9.17) is 16.3 Å². The summed E-state index contributed by atoms with van der Waals surface area (Å²) in [6, 6.07) is 15.2. The molecule has 0 radical (unpaired) electrons. The van der Waals surface area contributed by atoms with E-state index >= 15 is 0 Å². The number of carbonyl (C=O) groups is 1. The number of piperazine rings is 1. The number of hydrogen-bond donors (Lipinski definition) is 0. The number of nitrogens with zero attached hydrogens (tertiary/aromatic N) is 4. The Hall–Kier alpha value is -2.64. The smallest absolute Gasteiger partial charge is 0.227 e. The van der Waals surface area contributed by atoms with E-state index in [1.165, 1.54) is 11.5 Å². The summed E-state index contributed by atoms with van der Waals surface area (Å²) in [7, 11) is 1.63. The van der Waals surface area contributed by atoms with Crippen molar-refractivity contribution in [2.75, 3.05) is 38.2 Å². The van der Waals surface area contributed by atoms with Crippen molar-refractivity contribution in [1.82, 2.24) is 14.3 Å². The number of amides is 1. The summed E-state index contributed by atoms with van der Waals surface area (Å²) in [5, 5.41) is 1.58. The number of aromatic nitrogens is 2. The highest BCUT2D eigenvalue weighted by Gasteiger charge is 2.23. The molecule has 0 spiro atoms. The maximum absolute atomic E-state index is 12.7. The van der Waals surface area contributed by atoms with Crippen LogP contribution in [-0.4, -0.2) is 53.5 Å². The summed E-state index contributed by atoms with van der Waals surface area (Å²) in [5.41, 5.74) is 1.91. The molecule has 0 bridgehead atoms. The molecule has 0 aliphatic carbocycles. The van der Waals surface area contributed by atoms with E-state index < -0.39 is 0 Å². The van der Waals surface area contributed by atoms with Crippen molar-refractivity contribution in [2.45, 2.75) is 6.42 Å². The third-order valence-electron chi connectivity index (χ3n) is 4.91. The van der Waals surface area contributed by atoms with Crippen LogP contribution in [-0.2, 0) is 11.2 Å². The third-order valence-corrected chi connectivity index (χ3v) is 5.94. The first-order valence-electron chi connectivity index (χ1n) is 9.37. The normalized spacial score (nSPS) is 14.1. The fourth-order valence-electron chi connectivity index (χ4n) is 3.28. The van der Waals surface area contributed by atoms with E-state index in [0.717, 1.165) is 35.1 Å². The van der Waals surface area contributed by atoms with Gasteiger partial charge in [0.15, 0.2) is 5.82 Å². The molecule has 1 aliphatic rings. The Morgan fingerprint density at radius 2 is 1.90 bits per heavy atom. The second kappa shape index (κ2) is 8.80. The predicted octanol–water partition coefficient (Wildman–Crippen LogP) is 3.76. The number of rotatable bonds is 5. The summed E-state index contributed by atoms with van der Waals surface area (Å²) < 4.78 is 9.71. The van der Waals surface area contributed by atoms with E-state index in [2.05, 4.69) is 14.3 Å². The predicted molar refractivity (Wildman–Crippen MR) is 116 cm³/mol. The standard InChI is InChI=1S/C21H21ClN4O2S/c1-28-18-4-2-3-15(13-18)14-19(27)25-9-11-26(12-10-25)21-23-20(24-29-21)16-5-7-17(22)8-6-16/h2-8,13H,9-12,14H2,1H3. The summed E-state index contributed by atoms with van der Waals surface area (Å²) in [6.07, 6.45) is 0.386. The summed E-state index contributed by atoms with van der Waals surface area (Å²) in [6.45, 7) is 2.86. The third kappa shape index (κ3) is 4.68. The van der Waals surface area contributed by atoms with Crippen LogP contribution in [0.25, 0.3) is 11.4 Å². The molecule has 1 fully saturated rings. The molecule has 2 aromatic carbocycles. The second-order valence-corrected chi connectivity index (χ2v) is 7.97. The maximum atomic E-state index is 12.7. The van der Waals surface area contributed by atoms with Crippen molar-refractivity contribution in [3.05, 3.63) is 59.1 Å². The average Bonchev–Trinajstić information content (AvgIpc) is 3.25. The van der Waals surface area contributed by atoms with Gasteiger partial charge in [-0.05, 0) is 42.0 Å². The fraction of sp³-hybridized carbons (Fsp3) is 0.286. The molecule has 2 heterocycles. The topological polar surface area (TPSA) is 58.6 Å². The van der Waals surface area contributed by atoms with Gasteiger partial charge >= 0.3 is 0 Å². The van der Waals surface area contributed by atoms with Gasteiger partial charge in [-0.3, -0.25) is 4.79 Å². The van der Waals surface area contributed by atoms with Crippen LogP contribution in [0.2, 0.25) is 5.02 Å². The Bertz CT molecular complexity index is 984. The van der Waals surface area contributed by atoms with E-state index in [1.54, 1.807) is 7.11 Å². The van der Waals surface area contributed by atoms with Crippen LogP contribution in [0.4, 0.5) is 5.13 Å². The molecule has 150 valence electrons. The highest BCUT2D eigenvalue weighted by Crippen LogP contribution is 2.26. The first kappa shape index (κ1) is 19.7. The lowest BCUT2D eigenvalue weighted by Gasteiger charge is -2.34. The molecule has 3 aromatic rings. The number of carbonyl (C=O) groups excluding carboxylic acids is 1. The highest BCUT2D eigenvalue weighted by molar-refractivity contribution is 7.09. The van der Waals surface area contributed by atoms with Gasteiger partial charge in [-0.2, -0.15) is 9.36 Å². The number of anilines is 1. The monoisotopic (exact) mass is 428 g/mol. The molecule has 1 amide bonds. The Morgan fingerprint density at radius 3 is 2.62 bits per heavy atom. The molecule has 1 aliphatic heterocycles. The molecule has 8 heteroatoms. The molecule has 6 nitrogen and oxygen atoms in total. The number of halogens is 1. The Kier molecular flexibility index (Phi) is 5.97. The van der Waals surface area contributed by atoms with Crippen LogP contribution < -0.4 is 9.64 Å². The number of benzene rings is 2. The second-order valence-electron chi connectivity index (χ2n) is 6.80. The van der Waals surface area contributed by atoms with E-state index in [1.807, 2.05) is 53.4 Å². The molecule has 4 rings (SSSR count). The van der Waals surface area contributed by atoms with Crippen LogP contribution in [0.3, 0.4) is 0 Å². The van der Waals surface area contributed by atoms with Gasteiger partial charge in [-0.1, -0.05) is 23.7 Å². The van der Waals surface area contributed by atoms with Crippen molar-refractivity contribution in [3.8, 4) is 17.1 Å². The number of hydrogen-bond acceptors (Lipinski definition) is 6. The van der Waals surface area contributed by atoms with Crippen LogP contribution in [0, 0.1) is 0 Å². The van der Waals surface area contributed by atoms with Crippen LogP contribution >= 0.6 is 23.1 Å². The SMILES string of the molecule is COc1cccc(CC(=O)N2CCN(c3nc(-c4ccc(Cl)cc4)ns3)CC2)c1. The molecule has 0 unspecified atom stereocenters. The Balaban J connectivity index is 1.34. The minimum atomic E-state index is 0.136. The molecule has 0 N–H and O–H groups in total. The number of methoxy groups -OCH3 is 1. The summed E-state index contributed by atoms with van der Waals surface area (Å²) in [5.74, 6) is 1.61. The van der Waals surface area contributed by atoms with Crippen molar-refractivity contribution in [1.29, 1.82) is 0 Å². The first-order chi connectivity index (χ1) is 14.1. The van der Waals surface area contributed by atoms with Crippen LogP contribution in [0.15, 0.2) is 48.5 Å². The van der Waals surface area contributed by atoms with Gasteiger partial charge in [0.25, 0.3) is 0 Å². The van der Waals surface area contributed by atoms with E-state index in [0.29, 0.717) is 30.4 Å². The molecular weight excluding hydrogens is 408 g/mol. The average molecular weight is 429 g/mol. The molecule has 0 atom stereocenters. The van der Waals surface area contributed by atoms with Crippen molar-refractivity contribution in [2.24, 2.45) is 0 Å². The van der Waals surface area contributed by atoms with Crippen molar-refractivity contribution < 1.29 is 9.53 Å². The van der Waals surface area contributed by atoms with Gasteiger partial charge < -0.3 is 14.5 Å². The minimum absolute atomic E-state index is 0.136. The zero-order chi connectivity index (χ0) is 20.2. The number of ether oxygens (including phenoxy) is 1. The molecule has 0 saturated carbocycles. The van der Waals surface area contributed by atoms with Crippen LogP contribution in [0.5, 0.6) is 5.75 Å². The van der Waals surface area contributed by atoms with Gasteiger partial charge in [0, 0.05) is 48.3 Å². The fourth-order valence-corrected chi connectivity index (χ4v) is 4.14. The lowest BCUT2D eigenvalue weighted by Crippen LogP contribution is -2.49. The molecule has 29 heavy (non-hydrogen) atoms. The quantitative estimate of drug-likeness (QED) is 0.619. The summed E-state index contributed by atoms with van der Waals surface area (Å²) in [4.78, 5) is 21.4. The van der Waals surface area contributed by atoms with E-state index in [9.17, 15) is 4.79 Å². The van der Waals surface area contributed by atoms with E-state index in [-0.39, 0.29) is 5.91 Å². The van der Waals surface area contributed by atoms with Gasteiger partial charge in [-0.15, -0.1) is 0 Å². The molecule has 1 aromatic heterocycles. The maximum Gasteiger partial charge on any atom is 0.227 e. The van der Waals surface area contributed by atoms with Gasteiger partial charge in [0.05, 0.1) is 13.5 Å². The Labute approximate surface area is 178 Å². The largest absolute Gasteiger partial charge is 0.497 e. The van der Waals surface area contributed by atoms with Crippen molar-refractivity contribution >= 4 is 34.2 Å². The lowest BCUT2D eigenvalue weighted by atomic mass is 10.1. The first-order valence-corrected chi connectivity index (χ1v) is 10.5. The molecular formula is C21H21ClN4O2S.